The average Bonchev–Trinajstić information content (AvgIpc) is 2.90. The molecule has 4 heteroatoms. The van der Waals surface area contributed by atoms with Crippen molar-refractivity contribution in [2.45, 2.75) is 31.7 Å². The molecule has 0 bridgehead atoms. The first-order valence-electron chi connectivity index (χ1n) is 6.33. The molecule has 2 rings (SSSR count). The number of rotatable bonds is 4. The van der Waals surface area contributed by atoms with Crippen LogP contribution in [-0.2, 0) is 0 Å². The summed E-state index contributed by atoms with van der Waals surface area (Å²) in [5.74, 6) is 0. The van der Waals surface area contributed by atoms with E-state index in [1.165, 1.54) is 12.8 Å². The molecule has 0 heterocycles. The molecule has 1 N–H and O–H groups in total. The van der Waals surface area contributed by atoms with Gasteiger partial charge in [-0.1, -0.05) is 24.4 Å². The van der Waals surface area contributed by atoms with Crippen LogP contribution in [0.5, 0.6) is 0 Å². The number of aliphatic hydroxyl groups excluding tert-OH is 1. The van der Waals surface area contributed by atoms with Crippen molar-refractivity contribution in [1.29, 1.82) is 5.26 Å². The zero-order chi connectivity index (χ0) is 13.0. The molecule has 0 radical (unpaired) electrons. The summed E-state index contributed by atoms with van der Waals surface area (Å²) in [7, 11) is 0. The van der Waals surface area contributed by atoms with E-state index in [4.69, 9.17) is 16.9 Å². The molecule has 0 spiro atoms. The van der Waals surface area contributed by atoms with E-state index in [9.17, 15) is 5.11 Å². The number of nitrogens with zero attached hydrogens (tertiary/aromatic N) is 2. The van der Waals surface area contributed by atoms with Gasteiger partial charge in [0.15, 0.2) is 0 Å². The molecule has 1 saturated carbocycles. The Labute approximate surface area is 113 Å². The Morgan fingerprint density at radius 3 is 2.67 bits per heavy atom. The van der Waals surface area contributed by atoms with Gasteiger partial charge >= 0.3 is 0 Å². The second-order valence-electron chi connectivity index (χ2n) is 4.63. The number of benzene rings is 1. The lowest BCUT2D eigenvalue weighted by molar-refractivity contribution is 0.297. The number of nitriles is 1. The maximum Gasteiger partial charge on any atom is 0.0992 e. The van der Waals surface area contributed by atoms with Gasteiger partial charge in [0.05, 0.1) is 28.9 Å². The molecule has 96 valence electrons. The lowest BCUT2D eigenvalue weighted by Crippen LogP contribution is -2.35. The topological polar surface area (TPSA) is 47.3 Å². The number of hydrogen-bond donors (Lipinski definition) is 1. The van der Waals surface area contributed by atoms with E-state index in [0.717, 1.165) is 18.5 Å². The summed E-state index contributed by atoms with van der Waals surface area (Å²) in [6.45, 7) is 0.711. The van der Waals surface area contributed by atoms with E-state index < -0.39 is 0 Å². The van der Waals surface area contributed by atoms with Gasteiger partial charge in [0.25, 0.3) is 0 Å². The number of aliphatic hydroxyl groups is 1. The highest BCUT2D eigenvalue weighted by Crippen LogP contribution is 2.33. The number of hydrogen-bond acceptors (Lipinski definition) is 3. The Kier molecular flexibility index (Phi) is 4.46. The maximum atomic E-state index is 9.21. The fourth-order valence-corrected chi connectivity index (χ4v) is 2.92. The van der Waals surface area contributed by atoms with Gasteiger partial charge in [0.1, 0.15) is 0 Å². The summed E-state index contributed by atoms with van der Waals surface area (Å²) in [5.41, 5.74) is 1.50. The van der Waals surface area contributed by atoms with Crippen molar-refractivity contribution in [3.05, 3.63) is 28.8 Å². The highest BCUT2D eigenvalue weighted by molar-refractivity contribution is 6.33. The molecule has 0 unspecified atom stereocenters. The summed E-state index contributed by atoms with van der Waals surface area (Å²) in [6, 6.07) is 7.90. The molecule has 1 fully saturated rings. The van der Waals surface area contributed by atoms with Gasteiger partial charge in [-0.15, -0.1) is 0 Å². The second-order valence-corrected chi connectivity index (χ2v) is 5.04. The van der Waals surface area contributed by atoms with E-state index in [1.54, 1.807) is 12.1 Å². The molecule has 3 nitrogen and oxygen atoms in total. The van der Waals surface area contributed by atoms with E-state index in [-0.39, 0.29) is 6.61 Å². The number of anilines is 1. The molecule has 18 heavy (non-hydrogen) atoms. The first-order valence-corrected chi connectivity index (χ1v) is 6.71. The van der Waals surface area contributed by atoms with Crippen LogP contribution in [0.2, 0.25) is 5.02 Å². The summed E-state index contributed by atoms with van der Waals surface area (Å²) >= 11 is 6.24. The van der Waals surface area contributed by atoms with Crippen molar-refractivity contribution < 1.29 is 5.11 Å². The van der Waals surface area contributed by atoms with Gasteiger partial charge in [-0.05, 0) is 31.0 Å². The molecule has 0 aromatic heterocycles. The van der Waals surface area contributed by atoms with Gasteiger partial charge in [0, 0.05) is 12.6 Å². The Bertz CT molecular complexity index is 450. The van der Waals surface area contributed by atoms with Crippen LogP contribution in [0.3, 0.4) is 0 Å². The van der Waals surface area contributed by atoms with Crippen LogP contribution < -0.4 is 4.90 Å². The average molecular weight is 265 g/mol. The van der Waals surface area contributed by atoms with Crippen molar-refractivity contribution in [1.82, 2.24) is 0 Å². The fraction of sp³-hybridized carbons (Fsp3) is 0.500. The van der Waals surface area contributed by atoms with Crippen molar-refractivity contribution in [3.8, 4) is 6.07 Å². The highest BCUT2D eigenvalue weighted by atomic mass is 35.5. The van der Waals surface area contributed by atoms with Crippen LogP contribution in [0, 0.1) is 11.3 Å². The zero-order valence-electron chi connectivity index (χ0n) is 10.3. The van der Waals surface area contributed by atoms with Crippen molar-refractivity contribution in [2.75, 3.05) is 18.1 Å². The van der Waals surface area contributed by atoms with Crippen LogP contribution in [0.1, 0.15) is 31.2 Å². The summed E-state index contributed by atoms with van der Waals surface area (Å²) in [5, 5.41) is 18.6. The monoisotopic (exact) mass is 264 g/mol. The lowest BCUT2D eigenvalue weighted by Gasteiger charge is -2.31. The van der Waals surface area contributed by atoms with Gasteiger partial charge in [0.2, 0.25) is 0 Å². The van der Waals surface area contributed by atoms with Gasteiger partial charge in [-0.25, -0.2) is 0 Å². The van der Waals surface area contributed by atoms with Gasteiger partial charge in [-0.2, -0.15) is 5.26 Å². The minimum absolute atomic E-state index is 0.118. The minimum Gasteiger partial charge on any atom is -0.395 e. The lowest BCUT2D eigenvalue weighted by atomic mass is 10.1. The Balaban J connectivity index is 2.27. The number of halogens is 1. The SMILES string of the molecule is N#Cc1ccc(N(CCO)C2CCCC2)c(Cl)c1. The molecule has 1 aliphatic carbocycles. The summed E-state index contributed by atoms with van der Waals surface area (Å²) in [4.78, 5) is 2.18. The smallest absolute Gasteiger partial charge is 0.0992 e. The Morgan fingerprint density at radius 2 is 2.11 bits per heavy atom. The molecule has 1 aromatic carbocycles. The van der Waals surface area contributed by atoms with Gasteiger partial charge in [-0.3, -0.25) is 0 Å². The molecular formula is C14H17ClN2O. The minimum atomic E-state index is 0.118. The quantitative estimate of drug-likeness (QED) is 0.910. The summed E-state index contributed by atoms with van der Waals surface area (Å²) < 4.78 is 0. The molecule has 0 saturated heterocycles. The Hall–Kier alpha value is -1.24. The third kappa shape index (κ3) is 2.77. The molecule has 0 atom stereocenters. The fourth-order valence-electron chi connectivity index (χ4n) is 2.63. The van der Waals surface area contributed by atoms with Crippen LogP contribution in [0.4, 0.5) is 5.69 Å². The zero-order valence-corrected chi connectivity index (χ0v) is 11.0. The first kappa shape index (κ1) is 13.2. The second kappa shape index (κ2) is 6.08. The molecule has 0 amide bonds. The van der Waals surface area contributed by atoms with Crippen LogP contribution in [-0.4, -0.2) is 24.3 Å². The normalized spacial score (nSPS) is 15.6. The van der Waals surface area contributed by atoms with Crippen LogP contribution in [0.15, 0.2) is 18.2 Å². The maximum absolute atomic E-state index is 9.21. The van der Waals surface area contributed by atoms with E-state index in [2.05, 4.69) is 11.0 Å². The predicted molar refractivity (Wildman–Crippen MR) is 72.9 cm³/mol. The summed E-state index contributed by atoms with van der Waals surface area (Å²) in [6.07, 6.45) is 4.77. The van der Waals surface area contributed by atoms with Crippen molar-refractivity contribution >= 4 is 17.3 Å². The van der Waals surface area contributed by atoms with Crippen LogP contribution in [0.25, 0.3) is 0 Å². The van der Waals surface area contributed by atoms with E-state index in [1.807, 2.05) is 6.07 Å². The molecule has 0 aliphatic heterocycles. The first-order chi connectivity index (χ1) is 8.76. The van der Waals surface area contributed by atoms with E-state index >= 15 is 0 Å². The predicted octanol–water partition coefficient (Wildman–Crippen LogP) is 2.95. The third-order valence-electron chi connectivity index (χ3n) is 3.49. The third-order valence-corrected chi connectivity index (χ3v) is 3.80. The van der Waals surface area contributed by atoms with Crippen molar-refractivity contribution in [2.24, 2.45) is 0 Å². The van der Waals surface area contributed by atoms with Crippen LogP contribution >= 0.6 is 11.6 Å². The molecule has 1 aromatic rings. The largest absolute Gasteiger partial charge is 0.395 e. The molecule has 1 aliphatic rings. The van der Waals surface area contributed by atoms with Gasteiger partial charge < -0.3 is 10.0 Å². The van der Waals surface area contributed by atoms with E-state index in [0.29, 0.717) is 23.2 Å². The van der Waals surface area contributed by atoms with Crippen molar-refractivity contribution in [3.63, 3.8) is 0 Å². The molecular weight excluding hydrogens is 248 g/mol. The standard InChI is InChI=1S/C14H17ClN2O/c15-13-9-11(10-16)5-6-14(13)17(7-8-18)12-3-1-2-4-12/h5-6,9,12,18H,1-4,7-8H2. The highest BCUT2D eigenvalue weighted by Gasteiger charge is 2.23. The Morgan fingerprint density at radius 1 is 1.39 bits per heavy atom.